The van der Waals surface area contributed by atoms with E-state index in [4.69, 9.17) is 0 Å². The summed E-state index contributed by atoms with van der Waals surface area (Å²) in [4.78, 5) is 37.0. The Morgan fingerprint density at radius 3 is 2.62 bits per heavy atom. The molecule has 0 radical (unpaired) electrons. The van der Waals surface area contributed by atoms with Gasteiger partial charge in [-0.25, -0.2) is 9.18 Å². The molecule has 0 N–H and O–H groups in total. The minimum absolute atomic E-state index is 0.1000. The fourth-order valence-electron chi connectivity index (χ4n) is 3.10. The number of carbonyl (C=O) groups excluding carboxylic acids is 3. The van der Waals surface area contributed by atoms with Crippen molar-refractivity contribution >= 4 is 17.8 Å². The standard InChI is InChI=1S/C15H14FNO4/c1-21-14(20)15(16)7-10-11(15)13(19)17(12(10)18)8-9-5-3-2-4-6-9/h2-6,10-11H,7-8H2,1H3. The number of hydrogen-bond donors (Lipinski definition) is 0. The Kier molecular flexibility index (Phi) is 3.04. The molecule has 1 aromatic rings. The number of esters is 1. The van der Waals surface area contributed by atoms with Gasteiger partial charge in [0.2, 0.25) is 17.5 Å². The molecule has 2 amide bonds. The summed E-state index contributed by atoms with van der Waals surface area (Å²) in [5.41, 5.74) is -1.58. The van der Waals surface area contributed by atoms with Crippen molar-refractivity contribution in [1.82, 2.24) is 4.90 Å². The predicted octanol–water partition coefficient (Wildman–Crippen LogP) is 1.07. The third-order valence-electron chi connectivity index (χ3n) is 4.24. The Morgan fingerprint density at radius 2 is 2.00 bits per heavy atom. The number of benzene rings is 1. The van der Waals surface area contributed by atoms with Gasteiger partial charge in [-0.05, 0) is 5.56 Å². The number of amides is 2. The molecule has 0 spiro atoms. The number of likely N-dealkylation sites (tertiary alicyclic amines) is 1. The lowest BCUT2D eigenvalue weighted by molar-refractivity contribution is -0.177. The molecule has 1 saturated heterocycles. The van der Waals surface area contributed by atoms with E-state index >= 15 is 0 Å². The van der Waals surface area contributed by atoms with Gasteiger partial charge >= 0.3 is 5.97 Å². The molecular formula is C15H14FNO4. The molecule has 1 aliphatic heterocycles. The molecule has 2 aliphatic rings. The topological polar surface area (TPSA) is 63.7 Å². The van der Waals surface area contributed by atoms with Gasteiger partial charge in [-0.2, -0.15) is 0 Å². The summed E-state index contributed by atoms with van der Waals surface area (Å²) in [7, 11) is 1.07. The molecule has 1 saturated carbocycles. The van der Waals surface area contributed by atoms with Crippen molar-refractivity contribution in [2.24, 2.45) is 11.8 Å². The second-order valence-corrected chi connectivity index (χ2v) is 5.39. The average Bonchev–Trinajstić information content (AvgIpc) is 2.67. The van der Waals surface area contributed by atoms with Gasteiger partial charge in [0.05, 0.1) is 25.5 Å². The number of carbonyl (C=O) groups is 3. The third kappa shape index (κ3) is 1.86. The van der Waals surface area contributed by atoms with Crippen molar-refractivity contribution in [2.75, 3.05) is 7.11 Å². The van der Waals surface area contributed by atoms with E-state index in [2.05, 4.69) is 4.74 Å². The van der Waals surface area contributed by atoms with Gasteiger partial charge in [0.15, 0.2) is 0 Å². The number of rotatable bonds is 3. The zero-order chi connectivity index (χ0) is 15.2. The van der Waals surface area contributed by atoms with Crippen molar-refractivity contribution in [3.63, 3.8) is 0 Å². The van der Waals surface area contributed by atoms with E-state index in [0.29, 0.717) is 0 Å². The molecule has 2 fully saturated rings. The van der Waals surface area contributed by atoms with Crippen LogP contribution in [0.4, 0.5) is 4.39 Å². The summed E-state index contributed by atoms with van der Waals surface area (Å²) in [6.07, 6.45) is -0.278. The smallest absolute Gasteiger partial charge is 0.344 e. The lowest BCUT2D eigenvalue weighted by atomic mass is 9.63. The maximum atomic E-state index is 14.5. The molecule has 0 bridgehead atoms. The molecule has 1 aromatic carbocycles. The number of hydrogen-bond acceptors (Lipinski definition) is 4. The van der Waals surface area contributed by atoms with E-state index in [1.165, 1.54) is 0 Å². The molecule has 3 unspecified atom stereocenters. The first-order chi connectivity index (χ1) is 9.99. The van der Waals surface area contributed by atoms with Gasteiger partial charge in [0.25, 0.3) is 0 Å². The van der Waals surface area contributed by atoms with Crippen LogP contribution in [-0.4, -0.2) is 35.5 Å². The Hall–Kier alpha value is -2.24. The zero-order valence-electron chi connectivity index (χ0n) is 11.4. The summed E-state index contributed by atoms with van der Waals surface area (Å²) >= 11 is 0. The van der Waals surface area contributed by atoms with E-state index in [0.717, 1.165) is 17.6 Å². The summed E-state index contributed by atoms with van der Waals surface area (Å²) in [5, 5.41) is 0. The Bertz CT molecular complexity index is 617. The lowest BCUT2D eigenvalue weighted by Crippen LogP contribution is -2.57. The van der Waals surface area contributed by atoms with Gasteiger partial charge in [-0.3, -0.25) is 14.5 Å². The first-order valence-corrected chi connectivity index (χ1v) is 6.65. The van der Waals surface area contributed by atoms with Crippen molar-refractivity contribution in [1.29, 1.82) is 0 Å². The van der Waals surface area contributed by atoms with E-state index in [1.54, 1.807) is 24.3 Å². The van der Waals surface area contributed by atoms with E-state index in [9.17, 15) is 18.8 Å². The normalized spacial score (nSPS) is 30.9. The zero-order valence-corrected chi connectivity index (χ0v) is 11.4. The van der Waals surface area contributed by atoms with Crippen molar-refractivity contribution < 1.29 is 23.5 Å². The minimum Gasteiger partial charge on any atom is -0.467 e. The summed E-state index contributed by atoms with van der Waals surface area (Å²) < 4.78 is 18.9. The minimum atomic E-state index is -2.36. The maximum Gasteiger partial charge on any atom is 0.344 e. The maximum absolute atomic E-state index is 14.5. The van der Waals surface area contributed by atoms with Gasteiger partial charge < -0.3 is 4.74 Å². The van der Waals surface area contributed by atoms with Crippen molar-refractivity contribution in [3.8, 4) is 0 Å². The Balaban J connectivity index is 1.83. The van der Waals surface area contributed by atoms with Crippen LogP contribution in [0.25, 0.3) is 0 Å². The quantitative estimate of drug-likeness (QED) is 0.617. The van der Waals surface area contributed by atoms with Crippen LogP contribution in [0.3, 0.4) is 0 Å². The second kappa shape index (κ2) is 4.65. The number of nitrogens with zero attached hydrogens (tertiary/aromatic N) is 1. The number of ether oxygens (including phenoxy) is 1. The number of halogens is 1. The molecule has 3 rings (SSSR count). The van der Waals surface area contributed by atoms with Crippen LogP contribution in [-0.2, 0) is 25.7 Å². The van der Waals surface area contributed by atoms with Crippen LogP contribution in [0.5, 0.6) is 0 Å². The summed E-state index contributed by atoms with van der Waals surface area (Å²) in [6.45, 7) is 0.1000. The third-order valence-corrected chi connectivity index (χ3v) is 4.24. The summed E-state index contributed by atoms with van der Waals surface area (Å²) in [6, 6.07) is 8.98. The highest BCUT2D eigenvalue weighted by atomic mass is 19.1. The fraction of sp³-hybridized carbons (Fsp3) is 0.400. The molecule has 1 aliphatic carbocycles. The van der Waals surface area contributed by atoms with Gasteiger partial charge in [0, 0.05) is 6.42 Å². The van der Waals surface area contributed by atoms with E-state index in [1.807, 2.05) is 6.07 Å². The average molecular weight is 291 g/mol. The van der Waals surface area contributed by atoms with Gasteiger partial charge in [-0.15, -0.1) is 0 Å². The molecule has 21 heavy (non-hydrogen) atoms. The molecule has 1 heterocycles. The highest BCUT2D eigenvalue weighted by Gasteiger charge is 2.71. The van der Waals surface area contributed by atoms with Gasteiger partial charge in [0.1, 0.15) is 0 Å². The van der Waals surface area contributed by atoms with E-state index in [-0.39, 0.29) is 13.0 Å². The first kappa shape index (κ1) is 13.7. The molecule has 3 atom stereocenters. The monoisotopic (exact) mass is 291 g/mol. The van der Waals surface area contributed by atoms with Crippen LogP contribution in [0.15, 0.2) is 30.3 Å². The molecule has 0 aromatic heterocycles. The Labute approximate surface area is 120 Å². The van der Waals surface area contributed by atoms with E-state index < -0.39 is 35.3 Å². The SMILES string of the molecule is COC(=O)C1(F)CC2C(=O)N(Cc3ccccc3)C(=O)C21. The first-order valence-electron chi connectivity index (χ1n) is 6.65. The van der Waals surface area contributed by atoms with Gasteiger partial charge in [-0.1, -0.05) is 30.3 Å². The van der Waals surface area contributed by atoms with Crippen LogP contribution in [0, 0.1) is 11.8 Å². The number of alkyl halides is 1. The lowest BCUT2D eigenvalue weighted by Gasteiger charge is -2.39. The van der Waals surface area contributed by atoms with Crippen LogP contribution in [0.1, 0.15) is 12.0 Å². The fourth-order valence-corrected chi connectivity index (χ4v) is 3.10. The van der Waals surface area contributed by atoms with Crippen LogP contribution >= 0.6 is 0 Å². The van der Waals surface area contributed by atoms with Crippen LogP contribution < -0.4 is 0 Å². The number of imide groups is 1. The predicted molar refractivity (Wildman–Crippen MR) is 69.5 cm³/mol. The molecule has 6 heteroatoms. The van der Waals surface area contributed by atoms with Crippen molar-refractivity contribution in [2.45, 2.75) is 18.6 Å². The second-order valence-electron chi connectivity index (χ2n) is 5.39. The number of methoxy groups -OCH3 is 1. The number of fused-ring (bicyclic) bond motifs is 1. The highest BCUT2D eigenvalue weighted by Crippen LogP contribution is 2.53. The van der Waals surface area contributed by atoms with Crippen molar-refractivity contribution in [3.05, 3.63) is 35.9 Å². The molecule has 5 nitrogen and oxygen atoms in total. The summed E-state index contributed by atoms with van der Waals surface area (Å²) in [5.74, 6) is -4.10. The largest absolute Gasteiger partial charge is 0.467 e. The van der Waals surface area contributed by atoms with Crippen LogP contribution in [0.2, 0.25) is 0 Å². The molecular weight excluding hydrogens is 277 g/mol. The molecule has 110 valence electrons. The Morgan fingerprint density at radius 1 is 1.33 bits per heavy atom. The highest BCUT2D eigenvalue weighted by molar-refractivity contribution is 6.10.